The van der Waals surface area contributed by atoms with Crippen molar-refractivity contribution in [3.05, 3.63) is 63.0 Å². The zero-order valence-electron chi connectivity index (χ0n) is 10.7. The minimum absolute atomic E-state index is 0.252. The Morgan fingerprint density at radius 2 is 1.76 bits per heavy atom. The van der Waals surface area contributed by atoms with Gasteiger partial charge in [-0.1, -0.05) is 50.1 Å². The Morgan fingerprint density at radius 3 is 2.48 bits per heavy atom. The van der Waals surface area contributed by atoms with E-state index in [1.807, 2.05) is 36.4 Å². The Bertz CT molecular complexity index is 862. The molecule has 0 spiro atoms. The Labute approximate surface area is 137 Å². The van der Waals surface area contributed by atoms with Crippen molar-refractivity contribution in [2.45, 2.75) is 0 Å². The highest BCUT2D eigenvalue weighted by molar-refractivity contribution is 9.10. The summed E-state index contributed by atoms with van der Waals surface area (Å²) in [6, 6.07) is 14.6. The fourth-order valence-electron chi connectivity index (χ4n) is 2.17. The van der Waals surface area contributed by atoms with E-state index in [0.29, 0.717) is 16.6 Å². The van der Waals surface area contributed by atoms with Gasteiger partial charge in [-0.3, -0.25) is 0 Å². The first kappa shape index (κ1) is 14.2. The van der Waals surface area contributed by atoms with E-state index in [9.17, 15) is 9.90 Å². The number of aromatic carboxylic acids is 1. The molecule has 0 saturated carbocycles. The zero-order valence-corrected chi connectivity index (χ0v) is 13.8. The lowest BCUT2D eigenvalue weighted by Crippen LogP contribution is -2.00. The average molecular weight is 407 g/mol. The fraction of sp³-hybridized carbons (Fsp3) is 0. The Morgan fingerprint density at radius 1 is 1.00 bits per heavy atom. The van der Waals surface area contributed by atoms with E-state index < -0.39 is 5.97 Å². The molecule has 0 fully saturated rings. The van der Waals surface area contributed by atoms with Gasteiger partial charge >= 0.3 is 5.97 Å². The van der Waals surface area contributed by atoms with Gasteiger partial charge in [-0.05, 0) is 30.3 Å². The molecular weight excluding hydrogens is 398 g/mol. The molecule has 0 radical (unpaired) electrons. The van der Waals surface area contributed by atoms with Crippen molar-refractivity contribution in [1.82, 2.24) is 4.98 Å². The lowest BCUT2D eigenvalue weighted by Gasteiger charge is -2.08. The summed E-state index contributed by atoms with van der Waals surface area (Å²) in [6.07, 6.45) is 0. The summed E-state index contributed by atoms with van der Waals surface area (Å²) in [6.45, 7) is 0. The summed E-state index contributed by atoms with van der Waals surface area (Å²) in [5, 5.41) is 10.1. The minimum atomic E-state index is -0.957. The maximum Gasteiger partial charge on any atom is 0.336 e. The van der Waals surface area contributed by atoms with E-state index in [1.165, 1.54) is 0 Å². The summed E-state index contributed by atoms with van der Waals surface area (Å²) < 4.78 is 1.79. The Balaban J connectivity index is 2.32. The summed E-state index contributed by atoms with van der Waals surface area (Å²) in [5.74, 6) is -0.957. The lowest BCUT2D eigenvalue weighted by molar-refractivity contribution is 0.0699. The van der Waals surface area contributed by atoms with Gasteiger partial charge in [0.15, 0.2) is 0 Å². The van der Waals surface area contributed by atoms with Gasteiger partial charge in [0.05, 0.1) is 16.8 Å². The molecule has 21 heavy (non-hydrogen) atoms. The van der Waals surface area contributed by atoms with Crippen LogP contribution in [-0.4, -0.2) is 16.1 Å². The molecule has 1 aromatic heterocycles. The van der Waals surface area contributed by atoms with Crippen LogP contribution in [0.2, 0.25) is 0 Å². The van der Waals surface area contributed by atoms with Crippen molar-refractivity contribution in [1.29, 1.82) is 0 Å². The molecule has 3 rings (SSSR count). The number of rotatable bonds is 2. The molecule has 0 unspecified atom stereocenters. The summed E-state index contributed by atoms with van der Waals surface area (Å²) in [7, 11) is 0. The van der Waals surface area contributed by atoms with E-state index in [2.05, 4.69) is 36.8 Å². The van der Waals surface area contributed by atoms with Crippen LogP contribution in [0.25, 0.3) is 22.2 Å². The standard InChI is InChI=1S/C16H9Br2NO2/c17-10-3-1-2-9(6-10)14-8-13(16(20)21)12-5-4-11(18)7-15(12)19-14/h1-8H,(H,20,21). The van der Waals surface area contributed by atoms with Crippen molar-refractivity contribution >= 4 is 48.7 Å². The number of halogens is 2. The molecule has 0 atom stereocenters. The van der Waals surface area contributed by atoms with Crippen molar-refractivity contribution in [3.63, 3.8) is 0 Å². The number of carboxylic acids is 1. The topological polar surface area (TPSA) is 50.2 Å². The third-order valence-electron chi connectivity index (χ3n) is 3.12. The zero-order chi connectivity index (χ0) is 15.0. The van der Waals surface area contributed by atoms with Gasteiger partial charge in [-0.2, -0.15) is 0 Å². The summed E-state index contributed by atoms with van der Waals surface area (Å²) in [4.78, 5) is 16.1. The van der Waals surface area contributed by atoms with Crippen LogP contribution < -0.4 is 0 Å². The second-order valence-electron chi connectivity index (χ2n) is 4.53. The first-order valence-electron chi connectivity index (χ1n) is 6.14. The number of benzene rings is 2. The van der Waals surface area contributed by atoms with Crippen LogP contribution in [0.1, 0.15) is 10.4 Å². The molecule has 0 aliphatic carbocycles. The van der Waals surface area contributed by atoms with Crippen molar-refractivity contribution < 1.29 is 9.90 Å². The van der Waals surface area contributed by atoms with E-state index in [4.69, 9.17) is 0 Å². The van der Waals surface area contributed by atoms with Gasteiger partial charge in [0.2, 0.25) is 0 Å². The van der Waals surface area contributed by atoms with Crippen LogP contribution in [0, 0.1) is 0 Å². The highest BCUT2D eigenvalue weighted by Gasteiger charge is 2.13. The van der Waals surface area contributed by atoms with Crippen molar-refractivity contribution in [2.24, 2.45) is 0 Å². The molecule has 3 aromatic rings. The lowest BCUT2D eigenvalue weighted by atomic mass is 10.0. The highest BCUT2D eigenvalue weighted by atomic mass is 79.9. The van der Waals surface area contributed by atoms with E-state index in [-0.39, 0.29) is 5.56 Å². The molecule has 0 aliphatic rings. The molecule has 1 N–H and O–H groups in total. The Hall–Kier alpha value is -1.72. The quantitative estimate of drug-likeness (QED) is 0.642. The third-order valence-corrected chi connectivity index (χ3v) is 4.11. The van der Waals surface area contributed by atoms with Gasteiger partial charge in [0.25, 0.3) is 0 Å². The third kappa shape index (κ3) is 2.84. The highest BCUT2D eigenvalue weighted by Crippen LogP contribution is 2.28. The molecule has 0 amide bonds. The normalized spacial score (nSPS) is 10.8. The maximum atomic E-state index is 11.5. The molecular formula is C16H9Br2NO2. The molecule has 0 aliphatic heterocycles. The van der Waals surface area contributed by atoms with Crippen LogP contribution in [0.15, 0.2) is 57.5 Å². The predicted octanol–water partition coefficient (Wildman–Crippen LogP) is 5.13. The minimum Gasteiger partial charge on any atom is -0.478 e. The molecule has 5 heteroatoms. The van der Waals surface area contributed by atoms with Gasteiger partial charge in [-0.25, -0.2) is 9.78 Å². The van der Waals surface area contributed by atoms with Crippen molar-refractivity contribution in [2.75, 3.05) is 0 Å². The van der Waals surface area contributed by atoms with Gasteiger partial charge in [-0.15, -0.1) is 0 Å². The van der Waals surface area contributed by atoms with Gasteiger partial charge < -0.3 is 5.11 Å². The van der Waals surface area contributed by atoms with E-state index in [0.717, 1.165) is 14.5 Å². The first-order valence-corrected chi connectivity index (χ1v) is 7.73. The molecule has 2 aromatic carbocycles. The van der Waals surface area contributed by atoms with Crippen LogP contribution >= 0.6 is 31.9 Å². The number of pyridine rings is 1. The number of fused-ring (bicyclic) bond motifs is 1. The SMILES string of the molecule is O=C(O)c1cc(-c2cccc(Br)c2)nc2cc(Br)ccc12. The number of carbonyl (C=O) groups is 1. The molecule has 104 valence electrons. The van der Waals surface area contributed by atoms with Gasteiger partial charge in [0, 0.05) is 19.9 Å². The molecule has 3 nitrogen and oxygen atoms in total. The number of hydrogen-bond donors (Lipinski definition) is 1. The monoisotopic (exact) mass is 405 g/mol. The van der Waals surface area contributed by atoms with Crippen molar-refractivity contribution in [3.8, 4) is 11.3 Å². The van der Waals surface area contributed by atoms with E-state index in [1.54, 1.807) is 12.1 Å². The summed E-state index contributed by atoms with van der Waals surface area (Å²) in [5.41, 5.74) is 2.41. The maximum absolute atomic E-state index is 11.5. The van der Waals surface area contributed by atoms with Gasteiger partial charge in [0.1, 0.15) is 0 Å². The predicted molar refractivity (Wildman–Crippen MR) is 89.5 cm³/mol. The number of nitrogens with zero attached hydrogens (tertiary/aromatic N) is 1. The van der Waals surface area contributed by atoms with Crippen LogP contribution in [0.3, 0.4) is 0 Å². The second kappa shape index (κ2) is 5.58. The average Bonchev–Trinajstić information content (AvgIpc) is 2.45. The number of carboxylic acid groups (broad SMARTS) is 1. The number of aromatic nitrogens is 1. The molecule has 1 heterocycles. The van der Waals surface area contributed by atoms with Crippen LogP contribution in [-0.2, 0) is 0 Å². The van der Waals surface area contributed by atoms with Crippen LogP contribution in [0.4, 0.5) is 0 Å². The van der Waals surface area contributed by atoms with Crippen LogP contribution in [0.5, 0.6) is 0 Å². The first-order chi connectivity index (χ1) is 10.0. The Kier molecular flexibility index (Phi) is 3.78. The number of hydrogen-bond acceptors (Lipinski definition) is 2. The summed E-state index contributed by atoms with van der Waals surface area (Å²) >= 11 is 6.81. The fourth-order valence-corrected chi connectivity index (χ4v) is 2.92. The second-order valence-corrected chi connectivity index (χ2v) is 6.36. The largest absolute Gasteiger partial charge is 0.478 e. The molecule has 0 saturated heterocycles. The smallest absolute Gasteiger partial charge is 0.336 e. The molecule has 0 bridgehead atoms. The van der Waals surface area contributed by atoms with E-state index >= 15 is 0 Å².